The highest BCUT2D eigenvalue weighted by atomic mass is 19.4. The van der Waals surface area contributed by atoms with E-state index >= 15 is 0 Å². The molecule has 3 N–H and O–H groups in total. The molecule has 0 fully saturated rings. The van der Waals surface area contributed by atoms with Crippen LogP contribution in [0.15, 0.2) is 6.07 Å². The molecule has 0 saturated carbocycles. The number of nitrogens with two attached hydrogens (primary N) is 1. The summed E-state index contributed by atoms with van der Waals surface area (Å²) in [4.78, 5) is 3.29. The molecule has 102 valence electrons. The Kier molecular flexibility index (Phi) is 4.41. The van der Waals surface area contributed by atoms with E-state index in [-0.39, 0.29) is 0 Å². The van der Waals surface area contributed by atoms with Gasteiger partial charge in [-0.15, -0.1) is 13.2 Å². The molecule has 0 spiro atoms. The van der Waals surface area contributed by atoms with Crippen molar-refractivity contribution in [2.24, 2.45) is 5.73 Å². The minimum atomic E-state index is -5.00. The number of halogens is 5. The zero-order valence-electron chi connectivity index (χ0n) is 8.84. The number of ether oxygens (including phenoxy) is 1. The molecule has 0 bridgehead atoms. The van der Waals surface area contributed by atoms with Crippen molar-refractivity contribution in [3.63, 3.8) is 0 Å². The van der Waals surface area contributed by atoms with Crippen molar-refractivity contribution >= 4 is 0 Å². The Balaban J connectivity index is 3.26. The van der Waals surface area contributed by atoms with E-state index in [1.54, 1.807) is 0 Å². The number of pyridine rings is 1. The molecule has 0 aromatic carbocycles. The Labute approximate surface area is 98.2 Å². The van der Waals surface area contributed by atoms with Gasteiger partial charge in [0.1, 0.15) is 5.69 Å². The van der Waals surface area contributed by atoms with E-state index in [1.807, 2.05) is 0 Å². The summed E-state index contributed by atoms with van der Waals surface area (Å²) in [6, 6.07) is 0.657. The van der Waals surface area contributed by atoms with Crippen LogP contribution in [0.2, 0.25) is 0 Å². The standard InChI is InChI=1S/C9H9F5N2O2/c10-8(11)7-4(3-17)1-6(5(2-15)16-7)18-9(12,13)14/h1,8,17H,2-3,15H2. The second-order valence-electron chi connectivity index (χ2n) is 3.19. The first kappa shape index (κ1) is 14.6. The summed E-state index contributed by atoms with van der Waals surface area (Å²) in [5, 5.41) is 8.81. The summed E-state index contributed by atoms with van der Waals surface area (Å²) in [5.74, 6) is -0.793. The fourth-order valence-electron chi connectivity index (χ4n) is 1.26. The number of hydrogen-bond acceptors (Lipinski definition) is 4. The highest BCUT2D eigenvalue weighted by molar-refractivity contribution is 5.36. The molecule has 9 heteroatoms. The van der Waals surface area contributed by atoms with Crippen molar-refractivity contribution in [3.05, 3.63) is 23.0 Å². The lowest BCUT2D eigenvalue weighted by molar-refractivity contribution is -0.275. The van der Waals surface area contributed by atoms with E-state index in [0.29, 0.717) is 6.07 Å². The highest BCUT2D eigenvalue weighted by Crippen LogP contribution is 2.30. The van der Waals surface area contributed by atoms with Crippen LogP contribution in [0, 0.1) is 0 Å². The van der Waals surface area contributed by atoms with Crippen LogP contribution in [0.5, 0.6) is 5.75 Å². The fraction of sp³-hybridized carbons (Fsp3) is 0.444. The van der Waals surface area contributed by atoms with E-state index in [1.165, 1.54) is 0 Å². The van der Waals surface area contributed by atoms with Crippen molar-refractivity contribution in [2.45, 2.75) is 25.9 Å². The summed E-state index contributed by atoms with van der Waals surface area (Å²) in [6.45, 7) is -1.39. The fourth-order valence-corrected chi connectivity index (χ4v) is 1.26. The molecular formula is C9H9F5N2O2. The molecule has 18 heavy (non-hydrogen) atoms. The van der Waals surface area contributed by atoms with Crippen molar-refractivity contribution in [2.75, 3.05) is 0 Å². The zero-order chi connectivity index (χ0) is 13.9. The van der Waals surface area contributed by atoms with Crippen molar-refractivity contribution < 1.29 is 31.8 Å². The highest BCUT2D eigenvalue weighted by Gasteiger charge is 2.33. The molecule has 0 aliphatic carbocycles. The van der Waals surface area contributed by atoms with E-state index in [9.17, 15) is 22.0 Å². The van der Waals surface area contributed by atoms with Gasteiger partial charge in [-0.05, 0) is 6.07 Å². The van der Waals surface area contributed by atoms with Gasteiger partial charge in [0.15, 0.2) is 5.75 Å². The Hall–Kier alpha value is -1.48. The first-order valence-corrected chi connectivity index (χ1v) is 4.66. The molecule has 1 aromatic rings. The molecule has 0 aliphatic heterocycles. The maximum Gasteiger partial charge on any atom is 0.573 e. The molecular weight excluding hydrogens is 263 g/mol. The molecule has 1 heterocycles. The summed E-state index contributed by atoms with van der Waals surface area (Å²) in [5.41, 5.74) is 3.40. The minimum absolute atomic E-state index is 0.443. The van der Waals surface area contributed by atoms with Gasteiger partial charge in [0.25, 0.3) is 6.43 Å². The number of alkyl halides is 5. The first-order chi connectivity index (χ1) is 8.28. The Morgan fingerprint density at radius 2 is 2.00 bits per heavy atom. The third-order valence-electron chi connectivity index (χ3n) is 1.97. The lowest BCUT2D eigenvalue weighted by Crippen LogP contribution is -2.20. The SMILES string of the molecule is NCc1nc(C(F)F)c(CO)cc1OC(F)(F)F. The maximum atomic E-state index is 12.5. The van der Waals surface area contributed by atoms with Gasteiger partial charge in [0, 0.05) is 12.1 Å². The van der Waals surface area contributed by atoms with Gasteiger partial charge in [-0.25, -0.2) is 13.8 Å². The number of aromatic nitrogens is 1. The van der Waals surface area contributed by atoms with Gasteiger partial charge in [0.05, 0.1) is 12.3 Å². The topological polar surface area (TPSA) is 68.4 Å². The van der Waals surface area contributed by atoms with Crippen LogP contribution in [0.25, 0.3) is 0 Å². The molecule has 0 unspecified atom stereocenters. The molecule has 0 amide bonds. The number of hydrogen-bond donors (Lipinski definition) is 2. The minimum Gasteiger partial charge on any atom is -0.404 e. The predicted octanol–water partition coefficient (Wildman–Crippen LogP) is 1.87. The number of aliphatic hydroxyl groups is 1. The van der Waals surface area contributed by atoms with Gasteiger partial charge in [-0.3, -0.25) is 0 Å². The monoisotopic (exact) mass is 272 g/mol. The average molecular weight is 272 g/mol. The Morgan fingerprint density at radius 3 is 2.39 bits per heavy atom. The van der Waals surface area contributed by atoms with Crippen LogP contribution < -0.4 is 10.5 Å². The number of nitrogens with zero attached hydrogens (tertiary/aromatic N) is 1. The second kappa shape index (κ2) is 5.44. The summed E-state index contributed by atoms with van der Waals surface area (Å²) in [7, 11) is 0. The Morgan fingerprint density at radius 1 is 1.39 bits per heavy atom. The lowest BCUT2D eigenvalue weighted by atomic mass is 10.1. The molecule has 4 nitrogen and oxygen atoms in total. The third-order valence-corrected chi connectivity index (χ3v) is 1.97. The summed E-state index contributed by atoms with van der Waals surface area (Å²) >= 11 is 0. The van der Waals surface area contributed by atoms with Crippen LogP contribution in [0.1, 0.15) is 23.4 Å². The van der Waals surface area contributed by atoms with Gasteiger partial charge < -0.3 is 15.6 Å². The predicted molar refractivity (Wildman–Crippen MR) is 49.7 cm³/mol. The molecule has 1 aromatic heterocycles. The van der Waals surface area contributed by atoms with Crippen molar-refractivity contribution in [1.82, 2.24) is 4.98 Å². The first-order valence-electron chi connectivity index (χ1n) is 4.66. The number of rotatable bonds is 4. The maximum absolute atomic E-state index is 12.5. The van der Waals surface area contributed by atoms with Crippen LogP contribution in [-0.2, 0) is 13.2 Å². The van der Waals surface area contributed by atoms with Crippen LogP contribution in [0.3, 0.4) is 0 Å². The van der Waals surface area contributed by atoms with Crippen molar-refractivity contribution in [1.29, 1.82) is 0 Å². The quantitative estimate of drug-likeness (QED) is 0.821. The van der Waals surface area contributed by atoms with E-state index in [4.69, 9.17) is 10.8 Å². The van der Waals surface area contributed by atoms with Gasteiger partial charge in [-0.2, -0.15) is 0 Å². The number of aliphatic hydroxyl groups excluding tert-OH is 1. The zero-order valence-corrected chi connectivity index (χ0v) is 8.84. The summed E-state index contributed by atoms with van der Waals surface area (Å²) in [6.07, 6.45) is -8.03. The smallest absolute Gasteiger partial charge is 0.404 e. The third kappa shape index (κ3) is 3.50. The van der Waals surface area contributed by atoms with E-state index in [0.717, 1.165) is 0 Å². The molecule has 0 radical (unpaired) electrons. The van der Waals surface area contributed by atoms with E-state index < -0.39 is 48.6 Å². The van der Waals surface area contributed by atoms with Gasteiger partial charge >= 0.3 is 6.36 Å². The van der Waals surface area contributed by atoms with E-state index in [2.05, 4.69) is 9.72 Å². The largest absolute Gasteiger partial charge is 0.573 e. The molecule has 0 saturated heterocycles. The second-order valence-corrected chi connectivity index (χ2v) is 3.19. The van der Waals surface area contributed by atoms with Crippen molar-refractivity contribution in [3.8, 4) is 5.75 Å². The molecule has 0 aliphatic rings. The van der Waals surface area contributed by atoms with Crippen LogP contribution >= 0.6 is 0 Å². The Bertz CT molecular complexity index is 422. The summed E-state index contributed by atoms with van der Waals surface area (Å²) < 4.78 is 64.8. The van der Waals surface area contributed by atoms with Gasteiger partial charge in [-0.1, -0.05) is 0 Å². The average Bonchev–Trinajstić information content (AvgIpc) is 2.25. The molecule has 1 rings (SSSR count). The normalized spacial score (nSPS) is 12.0. The molecule has 0 atom stereocenters. The lowest BCUT2D eigenvalue weighted by Gasteiger charge is -2.15. The van der Waals surface area contributed by atoms with Crippen LogP contribution in [-0.4, -0.2) is 16.5 Å². The van der Waals surface area contributed by atoms with Crippen LogP contribution in [0.4, 0.5) is 22.0 Å². The van der Waals surface area contributed by atoms with Gasteiger partial charge in [0.2, 0.25) is 0 Å².